The smallest absolute Gasteiger partial charge is 0.0208 e. The van der Waals surface area contributed by atoms with Gasteiger partial charge in [0.1, 0.15) is 0 Å². The Kier molecular flexibility index (Phi) is 4.00. The van der Waals surface area contributed by atoms with Crippen molar-refractivity contribution in [2.45, 2.75) is 31.8 Å². The van der Waals surface area contributed by atoms with Crippen LogP contribution in [0.25, 0.3) is 0 Å². The van der Waals surface area contributed by atoms with Gasteiger partial charge in [0.05, 0.1) is 0 Å². The van der Waals surface area contributed by atoms with E-state index in [0.717, 1.165) is 23.5 Å². The summed E-state index contributed by atoms with van der Waals surface area (Å²) in [6, 6.07) is 17.5. The summed E-state index contributed by atoms with van der Waals surface area (Å²) in [5.41, 5.74) is 4.19. The number of rotatable bonds is 5. The summed E-state index contributed by atoms with van der Waals surface area (Å²) >= 11 is 3.45. The molecular formula is C17H18BrN. The van der Waals surface area contributed by atoms with Crippen LogP contribution < -0.4 is 5.32 Å². The molecule has 0 aromatic heterocycles. The molecule has 1 nitrogen and oxygen atoms in total. The van der Waals surface area contributed by atoms with E-state index in [-0.39, 0.29) is 0 Å². The van der Waals surface area contributed by atoms with Crippen molar-refractivity contribution in [2.75, 3.05) is 0 Å². The van der Waals surface area contributed by atoms with E-state index in [1.165, 1.54) is 29.5 Å². The van der Waals surface area contributed by atoms with Crippen LogP contribution in [0.2, 0.25) is 0 Å². The second-order valence-electron chi connectivity index (χ2n) is 5.25. The van der Waals surface area contributed by atoms with Gasteiger partial charge in [-0.05, 0) is 47.6 Å². The molecule has 0 saturated heterocycles. The molecule has 1 aliphatic carbocycles. The second-order valence-corrected chi connectivity index (χ2v) is 6.16. The lowest BCUT2D eigenvalue weighted by Gasteiger charge is -2.06. The number of halogens is 1. The maximum atomic E-state index is 3.49. The van der Waals surface area contributed by atoms with E-state index in [9.17, 15) is 0 Å². The third kappa shape index (κ3) is 3.68. The molecule has 0 heterocycles. The molecule has 0 atom stereocenters. The van der Waals surface area contributed by atoms with Gasteiger partial charge in [-0.3, -0.25) is 0 Å². The molecule has 19 heavy (non-hydrogen) atoms. The zero-order valence-electron chi connectivity index (χ0n) is 10.9. The molecule has 0 radical (unpaired) electrons. The predicted molar refractivity (Wildman–Crippen MR) is 83.1 cm³/mol. The van der Waals surface area contributed by atoms with Crippen molar-refractivity contribution < 1.29 is 0 Å². The average molecular weight is 316 g/mol. The van der Waals surface area contributed by atoms with Crippen LogP contribution in [0, 0.1) is 0 Å². The summed E-state index contributed by atoms with van der Waals surface area (Å²) in [4.78, 5) is 0. The van der Waals surface area contributed by atoms with Gasteiger partial charge in [-0.2, -0.15) is 0 Å². The minimum Gasteiger partial charge on any atom is -0.309 e. The monoisotopic (exact) mass is 315 g/mol. The summed E-state index contributed by atoms with van der Waals surface area (Å²) < 4.78 is 1.13. The molecule has 1 aliphatic rings. The quantitative estimate of drug-likeness (QED) is 0.849. The van der Waals surface area contributed by atoms with Crippen LogP contribution in [-0.4, -0.2) is 0 Å². The Balaban J connectivity index is 1.50. The van der Waals surface area contributed by atoms with E-state index >= 15 is 0 Å². The highest BCUT2D eigenvalue weighted by Crippen LogP contribution is 2.39. The first kappa shape index (κ1) is 12.9. The molecule has 1 fully saturated rings. The topological polar surface area (TPSA) is 12.0 Å². The fourth-order valence-electron chi connectivity index (χ4n) is 2.28. The molecule has 1 saturated carbocycles. The Morgan fingerprint density at radius 2 is 1.37 bits per heavy atom. The molecule has 1 N–H and O–H groups in total. The van der Waals surface area contributed by atoms with Crippen molar-refractivity contribution in [2.24, 2.45) is 0 Å². The van der Waals surface area contributed by atoms with Crippen LogP contribution in [0.15, 0.2) is 53.0 Å². The van der Waals surface area contributed by atoms with E-state index in [0.29, 0.717) is 0 Å². The summed E-state index contributed by atoms with van der Waals surface area (Å²) in [6.45, 7) is 1.85. The van der Waals surface area contributed by atoms with E-state index in [1.807, 2.05) is 0 Å². The Hall–Kier alpha value is -1.12. The molecule has 3 rings (SSSR count). The van der Waals surface area contributed by atoms with Crippen molar-refractivity contribution in [3.63, 3.8) is 0 Å². The SMILES string of the molecule is Brc1ccc(CNCc2ccc(C3CC3)cc2)cc1. The molecule has 2 aromatic rings. The number of hydrogen-bond donors (Lipinski definition) is 1. The number of benzene rings is 2. The van der Waals surface area contributed by atoms with Crippen LogP contribution in [0.1, 0.15) is 35.4 Å². The fraction of sp³-hybridized carbons (Fsp3) is 0.294. The molecule has 0 bridgehead atoms. The van der Waals surface area contributed by atoms with Crippen molar-refractivity contribution in [1.82, 2.24) is 5.32 Å². The third-order valence-corrected chi connectivity index (χ3v) is 4.13. The normalized spacial score (nSPS) is 14.6. The van der Waals surface area contributed by atoms with Crippen LogP contribution in [-0.2, 0) is 13.1 Å². The van der Waals surface area contributed by atoms with Gasteiger partial charge in [0, 0.05) is 17.6 Å². The Labute approximate surface area is 123 Å². The summed E-state index contributed by atoms with van der Waals surface area (Å²) in [5.74, 6) is 0.852. The van der Waals surface area contributed by atoms with Crippen molar-refractivity contribution >= 4 is 15.9 Å². The lowest BCUT2D eigenvalue weighted by molar-refractivity contribution is 0.693. The number of nitrogens with one attached hydrogen (secondary N) is 1. The minimum atomic E-state index is 0.852. The highest BCUT2D eigenvalue weighted by atomic mass is 79.9. The maximum Gasteiger partial charge on any atom is 0.0208 e. The minimum absolute atomic E-state index is 0.852. The van der Waals surface area contributed by atoms with Gasteiger partial charge >= 0.3 is 0 Å². The molecular weight excluding hydrogens is 298 g/mol. The van der Waals surface area contributed by atoms with Gasteiger partial charge in [-0.1, -0.05) is 52.3 Å². The van der Waals surface area contributed by atoms with E-state index in [4.69, 9.17) is 0 Å². The van der Waals surface area contributed by atoms with Crippen molar-refractivity contribution in [3.05, 3.63) is 69.7 Å². The molecule has 0 amide bonds. The van der Waals surface area contributed by atoms with E-state index in [2.05, 4.69) is 69.8 Å². The molecule has 2 aromatic carbocycles. The van der Waals surface area contributed by atoms with Crippen LogP contribution in [0.4, 0.5) is 0 Å². The highest BCUT2D eigenvalue weighted by Gasteiger charge is 2.22. The molecule has 0 aliphatic heterocycles. The van der Waals surface area contributed by atoms with Crippen molar-refractivity contribution in [3.8, 4) is 0 Å². The van der Waals surface area contributed by atoms with Gasteiger partial charge in [0.25, 0.3) is 0 Å². The first-order valence-corrected chi connectivity index (χ1v) is 7.64. The predicted octanol–water partition coefficient (Wildman–Crippen LogP) is 4.62. The maximum absolute atomic E-state index is 3.49. The summed E-state index contributed by atoms with van der Waals surface area (Å²) in [5, 5.41) is 3.49. The fourth-order valence-corrected chi connectivity index (χ4v) is 2.54. The first-order chi connectivity index (χ1) is 9.31. The van der Waals surface area contributed by atoms with Crippen molar-refractivity contribution in [1.29, 1.82) is 0 Å². The molecule has 0 spiro atoms. The van der Waals surface area contributed by atoms with Gasteiger partial charge in [-0.25, -0.2) is 0 Å². The summed E-state index contributed by atoms with van der Waals surface area (Å²) in [6.07, 6.45) is 2.75. The van der Waals surface area contributed by atoms with E-state index < -0.39 is 0 Å². The Morgan fingerprint density at radius 3 is 1.89 bits per heavy atom. The zero-order valence-corrected chi connectivity index (χ0v) is 12.5. The van der Waals surface area contributed by atoms with Gasteiger partial charge < -0.3 is 5.32 Å². The van der Waals surface area contributed by atoms with Crippen LogP contribution in [0.3, 0.4) is 0 Å². The molecule has 2 heteroatoms. The van der Waals surface area contributed by atoms with Gasteiger partial charge in [0.2, 0.25) is 0 Å². The van der Waals surface area contributed by atoms with Crippen LogP contribution in [0.5, 0.6) is 0 Å². The Morgan fingerprint density at radius 1 is 0.842 bits per heavy atom. The second kappa shape index (κ2) is 5.89. The largest absolute Gasteiger partial charge is 0.309 e. The molecule has 0 unspecified atom stereocenters. The molecule has 98 valence electrons. The lowest BCUT2D eigenvalue weighted by Crippen LogP contribution is -2.12. The van der Waals surface area contributed by atoms with Gasteiger partial charge in [-0.15, -0.1) is 0 Å². The average Bonchev–Trinajstić information content (AvgIpc) is 3.26. The van der Waals surface area contributed by atoms with Gasteiger partial charge in [0.15, 0.2) is 0 Å². The summed E-state index contributed by atoms with van der Waals surface area (Å²) in [7, 11) is 0. The highest BCUT2D eigenvalue weighted by molar-refractivity contribution is 9.10. The van der Waals surface area contributed by atoms with E-state index in [1.54, 1.807) is 0 Å². The van der Waals surface area contributed by atoms with Crippen LogP contribution >= 0.6 is 15.9 Å². The Bertz CT molecular complexity index is 526. The zero-order chi connectivity index (χ0) is 13.1. The number of hydrogen-bond acceptors (Lipinski definition) is 1. The standard InChI is InChI=1S/C17H18BrN/c18-17-9-3-14(4-10-17)12-19-11-13-1-5-15(6-2-13)16-7-8-16/h1-6,9-10,16,19H,7-8,11-12H2. The third-order valence-electron chi connectivity index (χ3n) is 3.60. The lowest BCUT2D eigenvalue weighted by atomic mass is 10.1. The first-order valence-electron chi connectivity index (χ1n) is 6.85.